The number of carbonyl (C=O) groups is 4. The minimum absolute atomic E-state index is 0.0293. The molecule has 1 amide bonds. The SMILES string of the molecule is CCOC(=O)[C@H](CNC(=O)CCCCc1ccc2c(n1)NCCC2)NS(=O)(=O)c1ccccc1.O=C(O)C(F)(F)F.O=C(O)C(F)(F)F. The Morgan fingerprint density at radius 1 is 0.958 bits per heavy atom. The molecule has 20 heteroatoms. The number of unbranched alkanes of at least 4 members (excludes halogenated alkanes) is 1. The zero-order chi connectivity index (χ0) is 36.5. The lowest BCUT2D eigenvalue weighted by molar-refractivity contribution is -0.193. The van der Waals surface area contributed by atoms with Gasteiger partial charge < -0.3 is 25.6 Å². The van der Waals surface area contributed by atoms with Crippen LogP contribution in [0.5, 0.6) is 0 Å². The minimum Gasteiger partial charge on any atom is -0.475 e. The second kappa shape index (κ2) is 19.4. The van der Waals surface area contributed by atoms with Gasteiger partial charge in [0, 0.05) is 25.2 Å². The van der Waals surface area contributed by atoms with Crippen molar-refractivity contribution in [3.05, 3.63) is 53.7 Å². The number of sulfonamides is 1. The summed E-state index contributed by atoms with van der Waals surface area (Å²) < 4.78 is 96.0. The third-order valence-electron chi connectivity index (χ3n) is 5.95. The van der Waals surface area contributed by atoms with E-state index in [1.54, 1.807) is 25.1 Å². The molecule has 13 nitrogen and oxygen atoms in total. The van der Waals surface area contributed by atoms with Crippen LogP contribution in [0.2, 0.25) is 0 Å². The van der Waals surface area contributed by atoms with Gasteiger partial charge in [0.05, 0.1) is 11.5 Å². The standard InChI is InChI=1S/C24H32N4O5S.2C2HF3O2/c1-2-33-24(30)21(28-34(31,32)20-11-4-3-5-12-20)17-26-22(29)13-7-6-10-19-15-14-18-9-8-16-25-23(18)27-19;2*3-2(4,5)1(6)7/h3-5,11-12,14-15,21,28H,2,6-10,13,16-17H2,1H3,(H,25,27)(H,26,29);2*(H,6,7)/t21-;;/m0../s1. The third kappa shape index (κ3) is 15.9. The zero-order valence-corrected chi connectivity index (χ0v) is 26.2. The summed E-state index contributed by atoms with van der Waals surface area (Å²) in [6, 6.07) is 10.7. The molecular weight excluding hydrogens is 682 g/mol. The Morgan fingerprint density at radius 3 is 2.08 bits per heavy atom. The van der Waals surface area contributed by atoms with Crippen LogP contribution in [-0.4, -0.2) is 85.5 Å². The van der Waals surface area contributed by atoms with Crippen molar-refractivity contribution in [1.82, 2.24) is 15.0 Å². The minimum atomic E-state index is -5.08. The molecule has 2 aromatic rings. The van der Waals surface area contributed by atoms with Gasteiger partial charge >= 0.3 is 30.3 Å². The van der Waals surface area contributed by atoms with Crippen molar-refractivity contribution >= 4 is 39.7 Å². The lowest BCUT2D eigenvalue weighted by atomic mass is 10.1. The number of esters is 1. The van der Waals surface area contributed by atoms with Crippen LogP contribution in [0.15, 0.2) is 47.4 Å². The number of benzene rings is 1. The van der Waals surface area contributed by atoms with Gasteiger partial charge in [-0.1, -0.05) is 24.3 Å². The number of carbonyl (C=O) groups excluding carboxylic acids is 2. The molecule has 0 spiro atoms. The second-order valence-electron chi connectivity index (χ2n) is 9.70. The molecule has 1 aromatic carbocycles. The van der Waals surface area contributed by atoms with E-state index < -0.39 is 46.3 Å². The largest absolute Gasteiger partial charge is 0.490 e. The number of alkyl halides is 6. The average molecular weight is 717 g/mol. The van der Waals surface area contributed by atoms with Gasteiger partial charge in [-0.15, -0.1) is 0 Å². The van der Waals surface area contributed by atoms with Crippen LogP contribution in [0.3, 0.4) is 0 Å². The Labute approximate surface area is 271 Å². The first-order valence-electron chi connectivity index (χ1n) is 14.1. The number of aromatic nitrogens is 1. The fourth-order valence-electron chi connectivity index (χ4n) is 3.67. The van der Waals surface area contributed by atoms with Crippen molar-refractivity contribution in [2.45, 2.75) is 68.7 Å². The van der Waals surface area contributed by atoms with Gasteiger partial charge in [-0.3, -0.25) is 9.59 Å². The smallest absolute Gasteiger partial charge is 0.475 e. The fraction of sp³-hybridized carbons (Fsp3) is 0.464. The summed E-state index contributed by atoms with van der Waals surface area (Å²) in [6.45, 7) is 2.48. The van der Waals surface area contributed by atoms with Gasteiger partial charge in [0.15, 0.2) is 0 Å². The van der Waals surface area contributed by atoms with Crippen LogP contribution in [0, 0.1) is 0 Å². The number of halogens is 6. The number of carboxylic acids is 2. The Balaban J connectivity index is 0.000000687. The molecule has 5 N–H and O–H groups in total. The summed E-state index contributed by atoms with van der Waals surface area (Å²) in [7, 11) is -3.94. The number of pyridine rings is 1. The molecule has 0 fully saturated rings. The van der Waals surface area contributed by atoms with Crippen molar-refractivity contribution in [3.63, 3.8) is 0 Å². The van der Waals surface area contributed by atoms with E-state index in [0.717, 1.165) is 43.7 Å². The molecule has 1 atom stereocenters. The number of aryl methyl sites for hydroxylation is 2. The van der Waals surface area contributed by atoms with Crippen LogP contribution in [0.25, 0.3) is 0 Å². The molecule has 48 heavy (non-hydrogen) atoms. The number of amides is 1. The quantitative estimate of drug-likeness (QED) is 0.122. The average Bonchev–Trinajstić information content (AvgIpc) is 3.01. The number of hydrogen-bond donors (Lipinski definition) is 5. The topological polar surface area (TPSA) is 201 Å². The van der Waals surface area contributed by atoms with Gasteiger partial charge in [-0.2, -0.15) is 31.1 Å². The first kappa shape index (κ1) is 41.6. The van der Waals surface area contributed by atoms with Gasteiger partial charge in [-0.25, -0.2) is 23.0 Å². The summed E-state index contributed by atoms with van der Waals surface area (Å²) >= 11 is 0. The highest BCUT2D eigenvalue weighted by Gasteiger charge is 2.39. The summed E-state index contributed by atoms with van der Waals surface area (Å²) in [5, 5.41) is 20.2. The van der Waals surface area contributed by atoms with Crippen LogP contribution in [-0.2, 0) is 46.8 Å². The lowest BCUT2D eigenvalue weighted by Crippen LogP contribution is -2.49. The first-order valence-corrected chi connectivity index (χ1v) is 15.6. The monoisotopic (exact) mass is 716 g/mol. The van der Waals surface area contributed by atoms with Crippen molar-refractivity contribution in [3.8, 4) is 0 Å². The van der Waals surface area contributed by atoms with E-state index in [4.69, 9.17) is 24.5 Å². The summed E-state index contributed by atoms with van der Waals surface area (Å²) in [6.07, 6.45) is -5.52. The summed E-state index contributed by atoms with van der Waals surface area (Å²) in [5.74, 6) is -5.55. The molecule has 0 saturated carbocycles. The van der Waals surface area contributed by atoms with E-state index in [-0.39, 0.29) is 30.4 Å². The molecular formula is C28H34F6N4O9S. The number of ether oxygens (including phenoxy) is 1. The molecule has 1 aliphatic heterocycles. The molecule has 0 saturated heterocycles. The molecule has 0 radical (unpaired) electrons. The zero-order valence-electron chi connectivity index (χ0n) is 25.4. The van der Waals surface area contributed by atoms with Gasteiger partial charge in [0.1, 0.15) is 11.9 Å². The molecule has 0 aliphatic carbocycles. The van der Waals surface area contributed by atoms with Gasteiger partial charge in [-0.05, 0) is 62.8 Å². The number of carboxylic acid groups (broad SMARTS) is 2. The summed E-state index contributed by atoms with van der Waals surface area (Å²) in [5.41, 5.74) is 2.24. The molecule has 1 aromatic heterocycles. The number of hydrogen-bond acceptors (Lipinski definition) is 9. The Kier molecular flexibility index (Phi) is 16.8. The van der Waals surface area contributed by atoms with Crippen LogP contribution in [0.4, 0.5) is 32.2 Å². The van der Waals surface area contributed by atoms with Gasteiger partial charge in [0.25, 0.3) is 0 Å². The molecule has 0 unspecified atom stereocenters. The van der Waals surface area contributed by atoms with Crippen LogP contribution >= 0.6 is 0 Å². The Bertz CT molecular complexity index is 1450. The number of rotatable bonds is 12. The Morgan fingerprint density at radius 2 is 1.54 bits per heavy atom. The van der Waals surface area contributed by atoms with Crippen molar-refractivity contribution in [1.29, 1.82) is 0 Å². The van der Waals surface area contributed by atoms with Crippen LogP contribution in [0.1, 0.15) is 43.9 Å². The predicted molar refractivity (Wildman–Crippen MR) is 156 cm³/mol. The van der Waals surface area contributed by atoms with Crippen molar-refractivity contribution < 1.29 is 68.9 Å². The van der Waals surface area contributed by atoms with E-state index in [1.807, 2.05) is 6.07 Å². The number of anilines is 1. The highest BCUT2D eigenvalue weighted by Crippen LogP contribution is 2.20. The first-order chi connectivity index (χ1) is 22.3. The highest BCUT2D eigenvalue weighted by atomic mass is 32.2. The number of fused-ring (bicyclic) bond motifs is 1. The van der Waals surface area contributed by atoms with E-state index in [9.17, 15) is 44.3 Å². The summed E-state index contributed by atoms with van der Waals surface area (Å²) in [4.78, 5) is 47.1. The molecule has 1 aliphatic rings. The highest BCUT2D eigenvalue weighted by molar-refractivity contribution is 7.89. The molecule has 268 valence electrons. The van der Waals surface area contributed by atoms with Crippen molar-refractivity contribution in [2.75, 3.05) is 25.0 Å². The maximum absolute atomic E-state index is 12.6. The van der Waals surface area contributed by atoms with Crippen LogP contribution < -0.4 is 15.4 Å². The fourth-order valence-corrected chi connectivity index (χ4v) is 4.88. The predicted octanol–water partition coefficient (Wildman–Crippen LogP) is 3.45. The molecule has 3 rings (SSSR count). The van der Waals surface area contributed by atoms with Gasteiger partial charge in [0.2, 0.25) is 15.9 Å². The third-order valence-corrected chi connectivity index (χ3v) is 7.44. The Hall–Kier alpha value is -4.46. The van der Waals surface area contributed by atoms with E-state index in [2.05, 4.69) is 26.4 Å². The second-order valence-corrected chi connectivity index (χ2v) is 11.4. The van der Waals surface area contributed by atoms with E-state index in [0.29, 0.717) is 6.42 Å². The number of nitrogens with one attached hydrogen (secondary N) is 3. The normalized spacial score (nSPS) is 13.1. The molecule has 2 heterocycles. The maximum Gasteiger partial charge on any atom is 0.490 e. The number of aliphatic carboxylic acids is 2. The van der Waals surface area contributed by atoms with Crippen molar-refractivity contribution in [2.24, 2.45) is 0 Å². The maximum atomic E-state index is 12.6. The lowest BCUT2D eigenvalue weighted by Gasteiger charge is -2.18. The van der Waals surface area contributed by atoms with E-state index in [1.165, 1.54) is 17.7 Å². The number of nitrogens with zero attached hydrogens (tertiary/aromatic N) is 1. The van der Waals surface area contributed by atoms with E-state index >= 15 is 0 Å². The molecule has 0 bridgehead atoms.